The molecule has 0 saturated carbocycles. The van der Waals surface area contributed by atoms with E-state index in [2.05, 4.69) is 49.4 Å². The smallest absolute Gasteiger partial charge is 0.174 e. The maximum atomic E-state index is 13.2. The van der Waals surface area contributed by atoms with Crippen LogP contribution in [0.3, 0.4) is 0 Å². The first kappa shape index (κ1) is 23.2. The SMILES string of the molecule is CC[C@@H](C)N(Cc1csc(COc2cccc(C)c2C)n1)C(=S)Nc1ccc(F)cc1. The van der Waals surface area contributed by atoms with Gasteiger partial charge in [0.25, 0.3) is 0 Å². The van der Waals surface area contributed by atoms with Crippen molar-refractivity contribution < 1.29 is 9.13 Å². The second-order valence-corrected chi connectivity index (χ2v) is 8.87. The summed E-state index contributed by atoms with van der Waals surface area (Å²) < 4.78 is 19.2. The Morgan fingerprint density at radius 3 is 2.68 bits per heavy atom. The molecule has 2 aromatic carbocycles. The molecule has 0 saturated heterocycles. The Balaban J connectivity index is 1.65. The van der Waals surface area contributed by atoms with Crippen molar-refractivity contribution in [1.29, 1.82) is 0 Å². The molecule has 0 aliphatic rings. The Bertz CT molecular complexity index is 1020. The molecular formula is C24H28FN3OS2. The Morgan fingerprint density at radius 1 is 1.23 bits per heavy atom. The van der Waals surface area contributed by atoms with Crippen molar-refractivity contribution in [2.45, 2.75) is 53.3 Å². The molecule has 3 rings (SSSR count). The number of rotatable bonds is 8. The van der Waals surface area contributed by atoms with E-state index >= 15 is 0 Å². The van der Waals surface area contributed by atoms with Crippen LogP contribution >= 0.6 is 23.6 Å². The molecule has 1 atom stereocenters. The summed E-state index contributed by atoms with van der Waals surface area (Å²) in [7, 11) is 0. The van der Waals surface area contributed by atoms with E-state index in [4.69, 9.17) is 21.9 Å². The molecule has 1 N–H and O–H groups in total. The number of halogens is 1. The minimum Gasteiger partial charge on any atom is -0.486 e. The first-order chi connectivity index (χ1) is 14.9. The van der Waals surface area contributed by atoms with Gasteiger partial charge in [-0.1, -0.05) is 19.1 Å². The van der Waals surface area contributed by atoms with Crippen LogP contribution in [0, 0.1) is 19.7 Å². The molecular weight excluding hydrogens is 429 g/mol. The van der Waals surface area contributed by atoms with E-state index in [-0.39, 0.29) is 11.9 Å². The first-order valence-electron chi connectivity index (χ1n) is 10.3. The highest BCUT2D eigenvalue weighted by Crippen LogP contribution is 2.23. The summed E-state index contributed by atoms with van der Waals surface area (Å²) in [6.07, 6.45) is 0.942. The number of benzene rings is 2. The van der Waals surface area contributed by atoms with Gasteiger partial charge in [0, 0.05) is 17.1 Å². The van der Waals surface area contributed by atoms with Crippen LogP contribution in [0.15, 0.2) is 47.8 Å². The lowest BCUT2D eigenvalue weighted by Crippen LogP contribution is -2.40. The van der Waals surface area contributed by atoms with Crippen molar-refractivity contribution in [1.82, 2.24) is 9.88 Å². The van der Waals surface area contributed by atoms with Gasteiger partial charge in [0.15, 0.2) is 5.11 Å². The van der Waals surface area contributed by atoms with Crippen LogP contribution in [0.25, 0.3) is 0 Å². The van der Waals surface area contributed by atoms with E-state index in [1.54, 1.807) is 23.5 Å². The van der Waals surface area contributed by atoms with Gasteiger partial charge in [0.2, 0.25) is 0 Å². The largest absolute Gasteiger partial charge is 0.486 e. The molecule has 3 aromatic rings. The molecule has 0 fully saturated rings. The van der Waals surface area contributed by atoms with Crippen molar-refractivity contribution in [3.63, 3.8) is 0 Å². The average Bonchev–Trinajstić information content (AvgIpc) is 3.21. The van der Waals surface area contributed by atoms with Gasteiger partial charge in [-0.2, -0.15) is 0 Å². The van der Waals surface area contributed by atoms with E-state index in [9.17, 15) is 4.39 Å². The maximum absolute atomic E-state index is 13.2. The summed E-state index contributed by atoms with van der Waals surface area (Å²) >= 11 is 7.24. The topological polar surface area (TPSA) is 37.4 Å². The molecule has 1 aromatic heterocycles. The highest BCUT2D eigenvalue weighted by molar-refractivity contribution is 7.80. The van der Waals surface area contributed by atoms with Crippen LogP contribution in [-0.4, -0.2) is 21.0 Å². The fourth-order valence-corrected chi connectivity index (χ4v) is 4.12. The first-order valence-corrected chi connectivity index (χ1v) is 11.6. The van der Waals surface area contributed by atoms with Gasteiger partial charge in [0.1, 0.15) is 23.2 Å². The highest BCUT2D eigenvalue weighted by atomic mass is 32.1. The monoisotopic (exact) mass is 457 g/mol. The summed E-state index contributed by atoms with van der Waals surface area (Å²) in [6.45, 7) is 9.45. The van der Waals surface area contributed by atoms with Gasteiger partial charge in [-0.3, -0.25) is 0 Å². The predicted molar refractivity (Wildman–Crippen MR) is 130 cm³/mol. The molecule has 0 amide bonds. The Labute approximate surface area is 193 Å². The number of nitrogens with one attached hydrogen (secondary N) is 1. The number of ether oxygens (including phenoxy) is 1. The molecule has 0 bridgehead atoms. The maximum Gasteiger partial charge on any atom is 0.174 e. The number of thiocarbonyl (C=S) groups is 1. The van der Waals surface area contributed by atoms with E-state index in [1.165, 1.54) is 17.7 Å². The zero-order valence-electron chi connectivity index (χ0n) is 18.3. The van der Waals surface area contributed by atoms with Crippen LogP contribution in [-0.2, 0) is 13.2 Å². The summed E-state index contributed by atoms with van der Waals surface area (Å²) in [4.78, 5) is 6.86. The van der Waals surface area contributed by atoms with Crippen LogP contribution in [0.1, 0.15) is 42.1 Å². The summed E-state index contributed by atoms with van der Waals surface area (Å²) in [5, 5.41) is 6.79. The normalized spacial score (nSPS) is 11.8. The third kappa shape index (κ3) is 6.24. The lowest BCUT2D eigenvalue weighted by atomic mass is 10.1. The van der Waals surface area contributed by atoms with Gasteiger partial charge < -0.3 is 15.0 Å². The van der Waals surface area contributed by atoms with E-state index < -0.39 is 0 Å². The Hall–Kier alpha value is -2.51. The lowest BCUT2D eigenvalue weighted by molar-refractivity contribution is 0.300. The molecule has 0 aliphatic carbocycles. The van der Waals surface area contributed by atoms with Crippen LogP contribution in [0.5, 0.6) is 5.75 Å². The lowest BCUT2D eigenvalue weighted by Gasteiger charge is -2.30. The minimum atomic E-state index is -0.270. The fraction of sp³-hybridized carbons (Fsp3) is 0.333. The number of aryl methyl sites for hydroxylation is 1. The average molecular weight is 458 g/mol. The van der Waals surface area contributed by atoms with Crippen LogP contribution in [0.4, 0.5) is 10.1 Å². The number of aromatic nitrogens is 1. The molecule has 7 heteroatoms. The zero-order valence-corrected chi connectivity index (χ0v) is 19.9. The molecule has 164 valence electrons. The zero-order chi connectivity index (χ0) is 22.4. The summed E-state index contributed by atoms with van der Waals surface area (Å²) in [5.74, 6) is 0.621. The number of hydrogen-bond acceptors (Lipinski definition) is 4. The van der Waals surface area contributed by atoms with E-state index in [1.807, 2.05) is 12.1 Å². The molecule has 0 radical (unpaired) electrons. The third-order valence-electron chi connectivity index (χ3n) is 5.32. The standard InChI is InChI=1S/C24H28FN3OS2/c1-5-17(3)28(24(30)27-20-11-9-19(25)10-12-20)13-21-15-31-23(26-21)14-29-22-8-6-7-16(2)18(22)4/h6-12,15,17H,5,13-14H2,1-4H3,(H,27,30)/t17-/m1/s1. The highest BCUT2D eigenvalue weighted by Gasteiger charge is 2.18. The Morgan fingerprint density at radius 2 is 1.97 bits per heavy atom. The predicted octanol–water partition coefficient (Wildman–Crippen LogP) is 6.48. The van der Waals surface area contributed by atoms with Crippen molar-refractivity contribution in [2.75, 3.05) is 5.32 Å². The van der Waals surface area contributed by atoms with Crippen molar-refractivity contribution in [2.24, 2.45) is 0 Å². The van der Waals surface area contributed by atoms with Crippen LogP contribution < -0.4 is 10.1 Å². The van der Waals surface area contributed by atoms with Gasteiger partial charge in [0.05, 0.1) is 12.2 Å². The van der Waals surface area contributed by atoms with Gasteiger partial charge in [-0.15, -0.1) is 11.3 Å². The summed E-state index contributed by atoms with van der Waals surface area (Å²) in [5.41, 5.74) is 4.08. The third-order valence-corrected chi connectivity index (χ3v) is 6.52. The molecule has 4 nitrogen and oxygen atoms in total. The number of hydrogen-bond donors (Lipinski definition) is 1. The van der Waals surface area contributed by atoms with Crippen molar-refractivity contribution >= 4 is 34.4 Å². The number of nitrogens with zero attached hydrogens (tertiary/aromatic N) is 2. The van der Waals surface area contributed by atoms with Gasteiger partial charge in [-0.05, 0) is 80.9 Å². The molecule has 31 heavy (non-hydrogen) atoms. The van der Waals surface area contributed by atoms with Gasteiger partial charge >= 0.3 is 0 Å². The minimum absolute atomic E-state index is 0.233. The molecule has 0 unspecified atom stereocenters. The van der Waals surface area contributed by atoms with Gasteiger partial charge in [-0.25, -0.2) is 9.37 Å². The molecule has 0 spiro atoms. The Kier molecular flexibility index (Phi) is 7.98. The van der Waals surface area contributed by atoms with Crippen molar-refractivity contribution in [3.05, 3.63) is 75.5 Å². The fourth-order valence-electron chi connectivity index (χ4n) is 3.06. The summed E-state index contributed by atoms with van der Waals surface area (Å²) in [6, 6.07) is 12.5. The second-order valence-electron chi connectivity index (χ2n) is 7.54. The number of anilines is 1. The second kappa shape index (κ2) is 10.7. The van der Waals surface area contributed by atoms with E-state index in [0.717, 1.165) is 34.1 Å². The quantitative estimate of drug-likeness (QED) is 0.392. The van der Waals surface area contributed by atoms with E-state index in [0.29, 0.717) is 18.3 Å². The molecule has 1 heterocycles. The number of thiazole rings is 1. The van der Waals surface area contributed by atoms with Crippen LogP contribution in [0.2, 0.25) is 0 Å². The van der Waals surface area contributed by atoms with Crippen molar-refractivity contribution in [3.8, 4) is 5.75 Å². The molecule has 0 aliphatic heterocycles.